The molecule has 2 rings (SSSR count). The van der Waals surface area contributed by atoms with Crippen LogP contribution in [0, 0.1) is 0 Å². The van der Waals surface area contributed by atoms with Crippen molar-refractivity contribution in [1.29, 1.82) is 0 Å². The number of anilines is 1. The second-order valence-corrected chi connectivity index (χ2v) is 5.36. The highest BCUT2D eigenvalue weighted by atomic mass is 16.5. The van der Waals surface area contributed by atoms with Crippen LogP contribution in [0.3, 0.4) is 0 Å². The van der Waals surface area contributed by atoms with Gasteiger partial charge in [0.15, 0.2) is 0 Å². The molecule has 2 aromatic rings. The van der Waals surface area contributed by atoms with Crippen LogP contribution in [0.1, 0.15) is 25.0 Å². The first-order chi connectivity index (χ1) is 11.6. The molecule has 0 aliphatic carbocycles. The van der Waals surface area contributed by atoms with Gasteiger partial charge in [0, 0.05) is 18.8 Å². The second-order valence-electron chi connectivity index (χ2n) is 5.36. The minimum atomic E-state index is -0.962. The van der Waals surface area contributed by atoms with Crippen molar-refractivity contribution in [2.75, 3.05) is 25.1 Å². The molecule has 2 aromatic carbocycles. The molecule has 0 aliphatic rings. The van der Waals surface area contributed by atoms with Gasteiger partial charge in [0.2, 0.25) is 0 Å². The van der Waals surface area contributed by atoms with Crippen molar-refractivity contribution in [3.8, 4) is 5.75 Å². The van der Waals surface area contributed by atoms with Gasteiger partial charge < -0.3 is 14.7 Å². The Hall–Kier alpha value is -2.75. The maximum atomic E-state index is 11.7. The van der Waals surface area contributed by atoms with E-state index in [0.717, 1.165) is 24.3 Å². The number of aliphatic carboxylic acids is 1. The van der Waals surface area contributed by atoms with E-state index in [9.17, 15) is 9.90 Å². The number of carbonyl (C=O) groups is 1. The summed E-state index contributed by atoms with van der Waals surface area (Å²) in [4.78, 5) is 13.9. The molecule has 0 unspecified atom stereocenters. The van der Waals surface area contributed by atoms with Gasteiger partial charge in [-0.1, -0.05) is 24.3 Å². The SMILES string of the molecule is CCN(CC)c1ccc(/C=C(\C(=O)O)c2cccc(OC)c2)cc1. The first-order valence-corrected chi connectivity index (χ1v) is 8.03. The highest BCUT2D eigenvalue weighted by Crippen LogP contribution is 2.24. The van der Waals surface area contributed by atoms with Crippen LogP contribution in [0.15, 0.2) is 48.5 Å². The first kappa shape index (κ1) is 17.6. The highest BCUT2D eigenvalue weighted by molar-refractivity contribution is 6.20. The summed E-state index contributed by atoms with van der Waals surface area (Å²) in [5.41, 5.74) is 2.85. The third-order valence-electron chi connectivity index (χ3n) is 3.94. The number of methoxy groups -OCH3 is 1. The Kier molecular flexibility index (Phi) is 6.01. The molecule has 0 aliphatic heterocycles. The van der Waals surface area contributed by atoms with Gasteiger partial charge >= 0.3 is 5.97 Å². The normalized spacial score (nSPS) is 11.2. The van der Waals surface area contributed by atoms with Crippen LogP contribution in [0.4, 0.5) is 5.69 Å². The van der Waals surface area contributed by atoms with E-state index in [1.54, 1.807) is 37.5 Å². The molecular formula is C20H23NO3. The zero-order valence-corrected chi connectivity index (χ0v) is 14.3. The van der Waals surface area contributed by atoms with Crippen molar-refractivity contribution in [1.82, 2.24) is 0 Å². The number of ether oxygens (including phenoxy) is 1. The molecule has 0 saturated carbocycles. The maximum absolute atomic E-state index is 11.7. The number of carboxylic acid groups (broad SMARTS) is 1. The zero-order chi connectivity index (χ0) is 17.5. The minimum absolute atomic E-state index is 0.240. The minimum Gasteiger partial charge on any atom is -0.497 e. The van der Waals surface area contributed by atoms with Crippen LogP contribution < -0.4 is 9.64 Å². The van der Waals surface area contributed by atoms with Crippen LogP contribution in [-0.4, -0.2) is 31.3 Å². The Labute approximate surface area is 143 Å². The topological polar surface area (TPSA) is 49.8 Å². The summed E-state index contributed by atoms with van der Waals surface area (Å²) in [5.74, 6) is -0.326. The van der Waals surface area contributed by atoms with E-state index in [0.29, 0.717) is 11.3 Å². The maximum Gasteiger partial charge on any atom is 0.336 e. The van der Waals surface area contributed by atoms with Gasteiger partial charge in [-0.25, -0.2) is 4.79 Å². The van der Waals surface area contributed by atoms with E-state index < -0.39 is 5.97 Å². The van der Waals surface area contributed by atoms with E-state index in [1.807, 2.05) is 24.3 Å². The van der Waals surface area contributed by atoms with Crippen molar-refractivity contribution < 1.29 is 14.6 Å². The molecule has 0 amide bonds. The van der Waals surface area contributed by atoms with Crippen molar-refractivity contribution in [2.45, 2.75) is 13.8 Å². The molecule has 0 heterocycles. The molecule has 24 heavy (non-hydrogen) atoms. The number of benzene rings is 2. The molecule has 0 radical (unpaired) electrons. The molecule has 126 valence electrons. The standard InChI is InChI=1S/C20H23NO3/c1-4-21(5-2)17-11-9-15(10-12-17)13-19(20(22)23)16-7-6-8-18(14-16)24-3/h6-14H,4-5H2,1-3H3,(H,22,23)/b19-13-. The number of carboxylic acids is 1. The Balaban J connectivity index is 2.35. The van der Waals surface area contributed by atoms with Crippen LogP contribution in [-0.2, 0) is 4.79 Å². The smallest absolute Gasteiger partial charge is 0.336 e. The lowest BCUT2D eigenvalue weighted by atomic mass is 10.0. The Morgan fingerprint density at radius 2 is 1.79 bits per heavy atom. The van der Waals surface area contributed by atoms with E-state index in [2.05, 4.69) is 18.7 Å². The summed E-state index contributed by atoms with van der Waals surface area (Å²) in [5, 5.41) is 9.55. The van der Waals surface area contributed by atoms with Crippen LogP contribution in [0.5, 0.6) is 5.75 Å². The predicted octanol–water partition coefficient (Wildman–Crippen LogP) is 4.17. The van der Waals surface area contributed by atoms with Gasteiger partial charge in [0.1, 0.15) is 5.75 Å². The van der Waals surface area contributed by atoms with E-state index in [-0.39, 0.29) is 5.57 Å². The van der Waals surface area contributed by atoms with Gasteiger partial charge in [-0.3, -0.25) is 0 Å². The van der Waals surface area contributed by atoms with Crippen molar-refractivity contribution in [3.63, 3.8) is 0 Å². The molecule has 0 aromatic heterocycles. The van der Waals surface area contributed by atoms with Crippen LogP contribution in [0.25, 0.3) is 11.6 Å². The van der Waals surface area contributed by atoms with Crippen molar-refractivity contribution in [3.05, 3.63) is 59.7 Å². The first-order valence-electron chi connectivity index (χ1n) is 8.03. The third-order valence-corrected chi connectivity index (χ3v) is 3.94. The molecule has 0 fully saturated rings. The molecule has 1 N–H and O–H groups in total. The summed E-state index contributed by atoms with van der Waals surface area (Å²) in [6.07, 6.45) is 1.68. The van der Waals surface area contributed by atoms with Gasteiger partial charge in [-0.2, -0.15) is 0 Å². The summed E-state index contributed by atoms with van der Waals surface area (Å²) in [6.45, 7) is 6.11. The Morgan fingerprint density at radius 3 is 2.33 bits per heavy atom. The summed E-state index contributed by atoms with van der Waals surface area (Å²) < 4.78 is 5.18. The number of hydrogen-bond donors (Lipinski definition) is 1. The Bertz CT molecular complexity index is 716. The largest absolute Gasteiger partial charge is 0.497 e. The zero-order valence-electron chi connectivity index (χ0n) is 14.3. The fourth-order valence-electron chi connectivity index (χ4n) is 2.60. The van der Waals surface area contributed by atoms with E-state index in [4.69, 9.17) is 4.74 Å². The second kappa shape index (κ2) is 8.20. The fourth-order valence-corrected chi connectivity index (χ4v) is 2.60. The molecule has 0 spiro atoms. The number of hydrogen-bond acceptors (Lipinski definition) is 3. The van der Waals surface area contributed by atoms with Gasteiger partial charge in [-0.15, -0.1) is 0 Å². The summed E-state index contributed by atoms with van der Waals surface area (Å²) in [6, 6.07) is 15.0. The number of nitrogens with zero attached hydrogens (tertiary/aromatic N) is 1. The number of rotatable bonds is 7. The quantitative estimate of drug-likeness (QED) is 0.613. The molecular weight excluding hydrogens is 302 g/mol. The lowest BCUT2D eigenvalue weighted by Gasteiger charge is -2.20. The lowest BCUT2D eigenvalue weighted by Crippen LogP contribution is -2.21. The molecule has 0 atom stereocenters. The third kappa shape index (κ3) is 4.16. The van der Waals surface area contributed by atoms with Crippen molar-refractivity contribution >= 4 is 23.3 Å². The van der Waals surface area contributed by atoms with Crippen molar-refractivity contribution in [2.24, 2.45) is 0 Å². The highest BCUT2D eigenvalue weighted by Gasteiger charge is 2.11. The molecule has 0 bridgehead atoms. The van der Waals surface area contributed by atoms with Gasteiger partial charge in [0.05, 0.1) is 12.7 Å². The van der Waals surface area contributed by atoms with Crippen LogP contribution >= 0.6 is 0 Å². The van der Waals surface area contributed by atoms with Crippen LogP contribution in [0.2, 0.25) is 0 Å². The van der Waals surface area contributed by atoms with Gasteiger partial charge in [-0.05, 0) is 55.3 Å². The average Bonchev–Trinajstić information content (AvgIpc) is 2.61. The molecule has 0 saturated heterocycles. The molecule has 4 heteroatoms. The fraction of sp³-hybridized carbons (Fsp3) is 0.250. The Morgan fingerprint density at radius 1 is 1.12 bits per heavy atom. The summed E-state index contributed by atoms with van der Waals surface area (Å²) >= 11 is 0. The van der Waals surface area contributed by atoms with E-state index >= 15 is 0 Å². The van der Waals surface area contributed by atoms with E-state index in [1.165, 1.54) is 0 Å². The monoisotopic (exact) mass is 325 g/mol. The summed E-state index contributed by atoms with van der Waals surface area (Å²) in [7, 11) is 1.56. The average molecular weight is 325 g/mol. The molecule has 4 nitrogen and oxygen atoms in total. The predicted molar refractivity (Wildman–Crippen MR) is 98.5 cm³/mol. The van der Waals surface area contributed by atoms with Gasteiger partial charge in [0.25, 0.3) is 0 Å². The lowest BCUT2D eigenvalue weighted by molar-refractivity contribution is -0.130.